The molecule has 0 fully saturated rings. The number of nitrogens with zero attached hydrogens (tertiary/aromatic N) is 1. The Balaban J connectivity index is 0. The van der Waals surface area contributed by atoms with Crippen LogP contribution in [0.15, 0.2) is 58.9 Å². The van der Waals surface area contributed by atoms with Gasteiger partial charge in [0.05, 0.1) is 7.11 Å². The van der Waals surface area contributed by atoms with E-state index in [0.717, 1.165) is 11.1 Å². The van der Waals surface area contributed by atoms with Crippen molar-refractivity contribution >= 4 is 28.8 Å². The second-order valence-electron chi connectivity index (χ2n) is 5.51. The summed E-state index contributed by atoms with van der Waals surface area (Å²) in [6.45, 7) is 14.8. The maximum absolute atomic E-state index is 12.4. The van der Waals surface area contributed by atoms with Gasteiger partial charge < -0.3 is 15.8 Å². The number of esters is 1. The average molecular weight is 416 g/mol. The van der Waals surface area contributed by atoms with Gasteiger partial charge >= 0.3 is 5.97 Å². The third kappa shape index (κ3) is 10.4. The summed E-state index contributed by atoms with van der Waals surface area (Å²) in [5, 5.41) is 2.68. The molecule has 0 aliphatic carbocycles. The highest BCUT2D eigenvalue weighted by atomic mass is 16.5. The van der Waals surface area contributed by atoms with Gasteiger partial charge in [0.1, 0.15) is 11.5 Å². The van der Waals surface area contributed by atoms with Crippen LogP contribution >= 0.6 is 0 Å². The minimum atomic E-state index is -0.551. The largest absolute Gasteiger partial charge is 0.465 e. The number of aliphatic imine (C=N–C) groups is 1. The molecule has 3 N–H and O–H groups in total. The highest BCUT2D eigenvalue weighted by Crippen LogP contribution is 2.19. The van der Waals surface area contributed by atoms with E-state index in [9.17, 15) is 9.59 Å². The smallest absolute Gasteiger partial charge is 0.352 e. The Morgan fingerprint density at radius 1 is 1.00 bits per heavy atom. The lowest BCUT2D eigenvalue weighted by Crippen LogP contribution is -2.24. The van der Waals surface area contributed by atoms with E-state index in [4.69, 9.17) is 5.73 Å². The summed E-state index contributed by atoms with van der Waals surface area (Å²) in [6, 6.07) is 7.41. The van der Waals surface area contributed by atoms with Crippen LogP contribution in [0.25, 0.3) is 5.57 Å². The van der Waals surface area contributed by atoms with E-state index >= 15 is 0 Å². The SMILES string of the molecule is C/C=C(\N=C(/C)C(=O)OC)NC(=O)/C(C)=C/C(=C\C)c1ccc(N)cc1.CC.CC. The first kappa shape index (κ1) is 29.1. The quantitative estimate of drug-likeness (QED) is 0.217. The molecule has 0 unspecified atom stereocenters. The minimum Gasteiger partial charge on any atom is -0.465 e. The van der Waals surface area contributed by atoms with Crippen LogP contribution in [0.2, 0.25) is 0 Å². The molecule has 0 heterocycles. The minimum absolute atomic E-state index is 0.151. The Bertz CT molecular complexity index is 786. The fourth-order valence-corrected chi connectivity index (χ4v) is 2.06. The number of amides is 1. The Hall–Kier alpha value is -3.15. The molecule has 1 aromatic rings. The van der Waals surface area contributed by atoms with Gasteiger partial charge in [-0.25, -0.2) is 9.79 Å². The summed E-state index contributed by atoms with van der Waals surface area (Å²) < 4.78 is 4.60. The van der Waals surface area contributed by atoms with Crippen molar-refractivity contribution in [3.05, 3.63) is 59.5 Å². The number of rotatable bonds is 6. The summed E-state index contributed by atoms with van der Waals surface area (Å²) in [5.41, 5.74) is 8.89. The molecule has 1 aromatic carbocycles. The number of nitrogen functional groups attached to an aromatic ring is 1. The number of hydrogen-bond acceptors (Lipinski definition) is 5. The lowest BCUT2D eigenvalue weighted by molar-refractivity contribution is -0.132. The van der Waals surface area contributed by atoms with Crippen molar-refractivity contribution in [1.82, 2.24) is 5.32 Å². The molecule has 166 valence electrons. The van der Waals surface area contributed by atoms with E-state index in [1.165, 1.54) is 14.0 Å². The number of anilines is 1. The van der Waals surface area contributed by atoms with Crippen LogP contribution in [0.1, 0.15) is 61.0 Å². The van der Waals surface area contributed by atoms with Gasteiger partial charge in [0, 0.05) is 11.3 Å². The first-order valence-corrected chi connectivity index (χ1v) is 10.1. The molecule has 0 aromatic heterocycles. The molecule has 0 aliphatic rings. The van der Waals surface area contributed by atoms with Crippen LogP contribution in [0.4, 0.5) is 5.69 Å². The molecule has 30 heavy (non-hydrogen) atoms. The van der Waals surface area contributed by atoms with E-state index < -0.39 is 5.97 Å². The lowest BCUT2D eigenvalue weighted by atomic mass is 10.0. The summed E-state index contributed by atoms with van der Waals surface area (Å²) in [4.78, 5) is 27.9. The maximum atomic E-state index is 12.4. The zero-order valence-corrected chi connectivity index (χ0v) is 19.8. The molecule has 0 bridgehead atoms. The second kappa shape index (κ2) is 16.8. The van der Waals surface area contributed by atoms with Crippen molar-refractivity contribution in [2.75, 3.05) is 12.8 Å². The Labute approximate surface area is 181 Å². The van der Waals surface area contributed by atoms with Crippen molar-refractivity contribution in [2.45, 2.75) is 55.4 Å². The van der Waals surface area contributed by atoms with E-state index in [1.54, 1.807) is 26.0 Å². The van der Waals surface area contributed by atoms with Crippen molar-refractivity contribution < 1.29 is 14.3 Å². The van der Waals surface area contributed by atoms with Crippen molar-refractivity contribution in [3.8, 4) is 0 Å². The number of nitrogens with two attached hydrogens (primary N) is 1. The molecular weight excluding hydrogens is 378 g/mol. The van der Waals surface area contributed by atoms with E-state index in [-0.39, 0.29) is 17.4 Å². The normalized spacial score (nSPS) is 12.0. The molecule has 6 nitrogen and oxygen atoms in total. The highest BCUT2D eigenvalue weighted by molar-refractivity contribution is 6.35. The number of methoxy groups -OCH3 is 1. The van der Waals surface area contributed by atoms with E-state index in [0.29, 0.717) is 11.3 Å². The van der Waals surface area contributed by atoms with Gasteiger partial charge in [0.2, 0.25) is 0 Å². The van der Waals surface area contributed by atoms with Crippen LogP contribution in [0, 0.1) is 0 Å². The van der Waals surface area contributed by atoms with Crippen LogP contribution in [-0.4, -0.2) is 24.7 Å². The molecule has 0 spiro atoms. The standard InChI is InChI=1S/C20H25N3O3.2C2H6/c1-6-15(16-8-10-17(21)11-9-16)12-13(3)19(24)23-18(7-2)22-14(4)20(25)26-5;2*1-2/h6-12H,21H2,1-5H3,(H,23,24);2*1-2H3/b13-12+,15-6+,18-7+,22-14+;;. The zero-order valence-electron chi connectivity index (χ0n) is 19.8. The predicted octanol–water partition coefficient (Wildman–Crippen LogP) is 5.28. The fourth-order valence-electron chi connectivity index (χ4n) is 2.06. The van der Waals surface area contributed by atoms with E-state index in [2.05, 4.69) is 15.0 Å². The number of carbonyl (C=O) groups is 2. The van der Waals surface area contributed by atoms with Gasteiger partial charge in [-0.05, 0) is 63.1 Å². The third-order valence-corrected chi connectivity index (χ3v) is 3.57. The molecule has 1 amide bonds. The number of benzene rings is 1. The molecular formula is C24H37N3O3. The first-order chi connectivity index (χ1) is 14.3. The van der Waals surface area contributed by atoms with Crippen LogP contribution in [-0.2, 0) is 14.3 Å². The zero-order chi connectivity index (χ0) is 23.7. The second-order valence-corrected chi connectivity index (χ2v) is 5.51. The van der Waals surface area contributed by atoms with Crippen LogP contribution in [0.3, 0.4) is 0 Å². The van der Waals surface area contributed by atoms with Gasteiger partial charge in [-0.1, -0.05) is 45.9 Å². The fraction of sp³-hybridized carbons (Fsp3) is 0.375. The number of nitrogens with one attached hydrogen (secondary N) is 1. The Morgan fingerprint density at radius 3 is 1.97 bits per heavy atom. The predicted molar refractivity (Wildman–Crippen MR) is 128 cm³/mol. The monoisotopic (exact) mass is 415 g/mol. The van der Waals surface area contributed by atoms with Gasteiger partial charge in [-0.3, -0.25) is 4.79 Å². The van der Waals surface area contributed by atoms with Crippen LogP contribution < -0.4 is 11.1 Å². The third-order valence-electron chi connectivity index (χ3n) is 3.57. The van der Waals surface area contributed by atoms with Crippen molar-refractivity contribution in [3.63, 3.8) is 0 Å². The highest BCUT2D eigenvalue weighted by Gasteiger charge is 2.10. The lowest BCUT2D eigenvalue weighted by Gasteiger charge is -2.08. The molecule has 0 aliphatic heterocycles. The summed E-state index contributed by atoms with van der Waals surface area (Å²) in [6.07, 6.45) is 5.30. The molecule has 6 heteroatoms. The maximum Gasteiger partial charge on any atom is 0.352 e. The van der Waals surface area contributed by atoms with Crippen molar-refractivity contribution in [1.29, 1.82) is 0 Å². The first-order valence-electron chi connectivity index (χ1n) is 10.1. The molecule has 0 saturated heterocycles. The summed E-state index contributed by atoms with van der Waals surface area (Å²) in [7, 11) is 1.28. The van der Waals surface area contributed by atoms with Gasteiger partial charge in [-0.15, -0.1) is 0 Å². The molecule has 0 atom stereocenters. The van der Waals surface area contributed by atoms with Gasteiger partial charge in [-0.2, -0.15) is 0 Å². The molecule has 1 rings (SSSR count). The topological polar surface area (TPSA) is 93.8 Å². The number of ether oxygens (including phenoxy) is 1. The summed E-state index contributed by atoms with van der Waals surface area (Å²) >= 11 is 0. The molecule has 0 saturated carbocycles. The van der Waals surface area contributed by atoms with Crippen molar-refractivity contribution in [2.24, 2.45) is 4.99 Å². The van der Waals surface area contributed by atoms with E-state index in [1.807, 2.05) is 65.0 Å². The van der Waals surface area contributed by atoms with Gasteiger partial charge in [0.25, 0.3) is 5.91 Å². The number of carbonyl (C=O) groups excluding carboxylic acids is 2. The Morgan fingerprint density at radius 2 is 1.53 bits per heavy atom. The van der Waals surface area contributed by atoms with Gasteiger partial charge in [0.15, 0.2) is 0 Å². The summed E-state index contributed by atoms with van der Waals surface area (Å²) in [5.74, 6) is -0.583. The van der Waals surface area contributed by atoms with Crippen LogP contribution in [0.5, 0.6) is 0 Å². The average Bonchev–Trinajstić information content (AvgIpc) is 2.79. The molecule has 0 radical (unpaired) electrons. The number of hydrogen-bond donors (Lipinski definition) is 2. The number of allylic oxidation sites excluding steroid dienone is 4. The Kier molecular flexibility index (Phi) is 16.2.